The van der Waals surface area contributed by atoms with Gasteiger partial charge in [-0.05, 0) is 12.1 Å². The molecule has 0 spiro atoms. The molecule has 0 aliphatic heterocycles. The lowest BCUT2D eigenvalue weighted by molar-refractivity contribution is -0.136. The summed E-state index contributed by atoms with van der Waals surface area (Å²) in [6.07, 6.45) is -0.0854. The van der Waals surface area contributed by atoms with Gasteiger partial charge in [-0.3, -0.25) is 9.59 Å². The molecule has 0 saturated carbocycles. The Labute approximate surface area is 106 Å². The number of hydrogen-bond acceptors (Lipinski definition) is 3. The van der Waals surface area contributed by atoms with Gasteiger partial charge in [-0.15, -0.1) is 0 Å². The van der Waals surface area contributed by atoms with Crippen LogP contribution in [0.25, 0.3) is 0 Å². The minimum atomic E-state index is -0.927. The van der Waals surface area contributed by atoms with Crippen LogP contribution >= 0.6 is 0 Å². The van der Waals surface area contributed by atoms with E-state index in [0.717, 1.165) is 0 Å². The molecule has 0 heterocycles. The van der Waals surface area contributed by atoms with E-state index in [9.17, 15) is 9.59 Å². The molecule has 1 amide bonds. The van der Waals surface area contributed by atoms with Gasteiger partial charge in [-0.25, -0.2) is 0 Å². The quantitative estimate of drug-likeness (QED) is 0.791. The molecule has 98 valence electrons. The predicted octanol–water partition coefficient (Wildman–Crippen LogP) is 1.09. The Balaban J connectivity index is 2.88. The molecule has 3 N–H and O–H groups in total. The van der Waals surface area contributed by atoms with Crippen LogP contribution < -0.4 is 10.6 Å². The molecule has 0 radical (unpaired) electrons. The number of para-hydroxylation sites is 1. The van der Waals surface area contributed by atoms with Crippen LogP contribution in [0.5, 0.6) is 0 Å². The standard InChI is InChI=1S/C13H18N2O3/c1-10(9-14)13(18)15(8-7-12(16)17)11-5-3-2-4-6-11/h2-6,10H,7-9,14H2,1H3,(H,16,17). The summed E-state index contributed by atoms with van der Waals surface area (Å²) in [6, 6.07) is 9.02. The van der Waals surface area contributed by atoms with Crippen molar-refractivity contribution in [3.8, 4) is 0 Å². The first-order valence-electron chi connectivity index (χ1n) is 5.84. The molecule has 5 heteroatoms. The molecular formula is C13H18N2O3. The van der Waals surface area contributed by atoms with E-state index in [4.69, 9.17) is 10.8 Å². The van der Waals surface area contributed by atoms with Crippen LogP contribution in [0, 0.1) is 5.92 Å². The van der Waals surface area contributed by atoms with Crippen molar-refractivity contribution in [2.75, 3.05) is 18.0 Å². The topological polar surface area (TPSA) is 83.6 Å². The zero-order valence-corrected chi connectivity index (χ0v) is 10.4. The van der Waals surface area contributed by atoms with Crippen molar-refractivity contribution in [1.82, 2.24) is 0 Å². The fraction of sp³-hybridized carbons (Fsp3) is 0.385. The molecule has 0 aromatic heterocycles. The van der Waals surface area contributed by atoms with Gasteiger partial charge in [0.1, 0.15) is 0 Å². The Morgan fingerprint density at radius 3 is 2.44 bits per heavy atom. The van der Waals surface area contributed by atoms with Crippen molar-refractivity contribution in [3.05, 3.63) is 30.3 Å². The van der Waals surface area contributed by atoms with E-state index in [1.54, 1.807) is 19.1 Å². The SMILES string of the molecule is CC(CN)C(=O)N(CCC(=O)O)c1ccccc1. The fourth-order valence-electron chi connectivity index (χ4n) is 1.55. The zero-order valence-electron chi connectivity index (χ0n) is 10.4. The third-order valence-corrected chi connectivity index (χ3v) is 2.66. The number of carbonyl (C=O) groups is 2. The number of nitrogens with two attached hydrogens (primary N) is 1. The van der Waals surface area contributed by atoms with Crippen LogP contribution in [0.3, 0.4) is 0 Å². The van der Waals surface area contributed by atoms with E-state index in [-0.39, 0.29) is 31.3 Å². The number of carboxylic acid groups (broad SMARTS) is 1. The highest BCUT2D eigenvalue weighted by Crippen LogP contribution is 2.16. The maximum Gasteiger partial charge on any atom is 0.305 e. The zero-order chi connectivity index (χ0) is 13.5. The third kappa shape index (κ3) is 3.85. The number of carboxylic acids is 1. The minimum absolute atomic E-state index is 0.0854. The van der Waals surface area contributed by atoms with Gasteiger partial charge in [-0.2, -0.15) is 0 Å². The number of amides is 1. The molecule has 0 bridgehead atoms. The predicted molar refractivity (Wildman–Crippen MR) is 69.3 cm³/mol. The number of nitrogens with zero attached hydrogens (tertiary/aromatic N) is 1. The maximum atomic E-state index is 12.1. The number of anilines is 1. The fourth-order valence-corrected chi connectivity index (χ4v) is 1.55. The average molecular weight is 250 g/mol. The Morgan fingerprint density at radius 1 is 1.33 bits per heavy atom. The van der Waals surface area contributed by atoms with Gasteiger partial charge in [0.2, 0.25) is 5.91 Å². The first-order valence-corrected chi connectivity index (χ1v) is 5.84. The molecule has 1 atom stereocenters. The van der Waals surface area contributed by atoms with Crippen LogP contribution in [0.15, 0.2) is 30.3 Å². The lowest BCUT2D eigenvalue weighted by atomic mass is 10.1. The monoisotopic (exact) mass is 250 g/mol. The second-order valence-corrected chi connectivity index (χ2v) is 4.11. The van der Waals surface area contributed by atoms with Crippen molar-refractivity contribution in [1.29, 1.82) is 0 Å². The summed E-state index contributed by atoms with van der Waals surface area (Å²) in [7, 11) is 0. The molecule has 1 aromatic rings. The molecule has 18 heavy (non-hydrogen) atoms. The molecule has 5 nitrogen and oxygen atoms in total. The summed E-state index contributed by atoms with van der Waals surface area (Å²) < 4.78 is 0. The molecule has 1 unspecified atom stereocenters. The summed E-state index contributed by atoms with van der Waals surface area (Å²) in [5.41, 5.74) is 6.18. The number of hydrogen-bond donors (Lipinski definition) is 2. The Hall–Kier alpha value is -1.88. The van der Waals surface area contributed by atoms with Crippen molar-refractivity contribution < 1.29 is 14.7 Å². The Bertz CT molecular complexity index is 406. The first-order chi connectivity index (χ1) is 8.56. The van der Waals surface area contributed by atoms with Gasteiger partial charge >= 0.3 is 5.97 Å². The van der Waals surface area contributed by atoms with Crippen molar-refractivity contribution in [3.63, 3.8) is 0 Å². The van der Waals surface area contributed by atoms with Gasteiger partial charge in [0, 0.05) is 24.7 Å². The lowest BCUT2D eigenvalue weighted by Gasteiger charge is -2.24. The third-order valence-electron chi connectivity index (χ3n) is 2.66. The van der Waals surface area contributed by atoms with E-state index < -0.39 is 5.97 Å². The van der Waals surface area contributed by atoms with Gasteiger partial charge in [0.25, 0.3) is 0 Å². The summed E-state index contributed by atoms with van der Waals surface area (Å²) in [6.45, 7) is 2.14. The van der Waals surface area contributed by atoms with Gasteiger partial charge in [-0.1, -0.05) is 25.1 Å². The largest absolute Gasteiger partial charge is 0.481 e. The van der Waals surface area contributed by atoms with Crippen LogP contribution in [0.4, 0.5) is 5.69 Å². The highest BCUT2D eigenvalue weighted by atomic mass is 16.4. The Morgan fingerprint density at radius 2 is 1.94 bits per heavy atom. The van der Waals surface area contributed by atoms with E-state index in [2.05, 4.69) is 0 Å². The van der Waals surface area contributed by atoms with E-state index in [0.29, 0.717) is 5.69 Å². The highest BCUT2D eigenvalue weighted by molar-refractivity contribution is 5.95. The second-order valence-electron chi connectivity index (χ2n) is 4.11. The first kappa shape index (κ1) is 14.2. The van der Waals surface area contributed by atoms with Gasteiger partial charge in [0.05, 0.1) is 6.42 Å². The highest BCUT2D eigenvalue weighted by Gasteiger charge is 2.21. The average Bonchev–Trinajstić information content (AvgIpc) is 2.38. The van der Waals surface area contributed by atoms with Crippen molar-refractivity contribution >= 4 is 17.6 Å². The molecule has 0 saturated heterocycles. The Kier molecular flexibility index (Phi) is 5.32. The molecule has 0 aliphatic carbocycles. The molecular weight excluding hydrogens is 232 g/mol. The van der Waals surface area contributed by atoms with Crippen LogP contribution in [-0.4, -0.2) is 30.1 Å². The molecule has 1 aromatic carbocycles. The molecule has 0 aliphatic rings. The molecule has 1 rings (SSSR count). The van der Waals surface area contributed by atoms with Crippen molar-refractivity contribution in [2.45, 2.75) is 13.3 Å². The van der Waals surface area contributed by atoms with E-state index in [1.807, 2.05) is 18.2 Å². The number of carbonyl (C=O) groups excluding carboxylic acids is 1. The van der Waals surface area contributed by atoms with Crippen LogP contribution in [0.2, 0.25) is 0 Å². The normalized spacial score (nSPS) is 11.9. The molecule has 0 fully saturated rings. The van der Waals surface area contributed by atoms with Crippen molar-refractivity contribution in [2.24, 2.45) is 11.7 Å². The summed E-state index contributed by atoms with van der Waals surface area (Å²) in [5, 5.41) is 8.72. The van der Waals surface area contributed by atoms with Crippen LogP contribution in [-0.2, 0) is 9.59 Å². The number of benzene rings is 1. The van der Waals surface area contributed by atoms with Gasteiger partial charge in [0.15, 0.2) is 0 Å². The van der Waals surface area contributed by atoms with Gasteiger partial charge < -0.3 is 15.7 Å². The smallest absolute Gasteiger partial charge is 0.305 e. The summed E-state index contributed by atoms with van der Waals surface area (Å²) in [5.74, 6) is -1.40. The van der Waals surface area contributed by atoms with Crippen LogP contribution in [0.1, 0.15) is 13.3 Å². The number of rotatable bonds is 6. The number of aliphatic carboxylic acids is 1. The second kappa shape index (κ2) is 6.76. The maximum absolute atomic E-state index is 12.1. The minimum Gasteiger partial charge on any atom is -0.481 e. The summed E-state index contributed by atoms with van der Waals surface area (Å²) >= 11 is 0. The van der Waals surface area contributed by atoms with E-state index >= 15 is 0 Å². The summed E-state index contributed by atoms with van der Waals surface area (Å²) in [4.78, 5) is 24.3. The lowest BCUT2D eigenvalue weighted by Crippen LogP contribution is -2.39. The van der Waals surface area contributed by atoms with E-state index in [1.165, 1.54) is 4.90 Å².